The number of benzene rings is 3. The number of sulfonamides is 1. The molecular formula is C32H37Cl2N3O7S. The van der Waals surface area contributed by atoms with E-state index >= 15 is 0 Å². The summed E-state index contributed by atoms with van der Waals surface area (Å²) in [5.74, 6) is -0.274. The maximum Gasteiger partial charge on any atom is 0.265 e. The van der Waals surface area contributed by atoms with Crippen LogP contribution in [0.25, 0.3) is 0 Å². The Bertz CT molecular complexity index is 1630. The van der Waals surface area contributed by atoms with E-state index in [1.165, 1.54) is 56.6 Å². The van der Waals surface area contributed by atoms with Gasteiger partial charge in [-0.15, -0.1) is 0 Å². The lowest BCUT2D eigenvalue weighted by Gasteiger charge is -2.33. The van der Waals surface area contributed by atoms with Gasteiger partial charge in [0.2, 0.25) is 11.8 Å². The standard InChI is InChI=1S/C32H37Cl2N3O7S/c1-21(32(39)35-25-10-5-6-11-25)36(19-22-8-7-9-23(33)16-22)31(38)20-37(27-17-24(34)12-14-28(27)42-2)45(40,41)26-13-15-29(43-3)30(18-26)44-4/h7-9,12-18,21,25H,5-6,10-11,19-20H2,1-4H3,(H,35,39)/t21-/m1/s1. The summed E-state index contributed by atoms with van der Waals surface area (Å²) in [4.78, 5) is 28.9. The van der Waals surface area contributed by atoms with Crippen LogP contribution < -0.4 is 23.8 Å². The van der Waals surface area contributed by atoms with E-state index < -0.39 is 28.5 Å². The topological polar surface area (TPSA) is 114 Å². The Hall–Kier alpha value is -3.67. The number of carbonyl (C=O) groups is 2. The largest absolute Gasteiger partial charge is 0.495 e. The minimum absolute atomic E-state index is 0.00950. The quantitative estimate of drug-likeness (QED) is 0.247. The molecule has 0 aliphatic heterocycles. The highest BCUT2D eigenvalue weighted by molar-refractivity contribution is 7.92. The predicted octanol–water partition coefficient (Wildman–Crippen LogP) is 5.69. The van der Waals surface area contributed by atoms with Gasteiger partial charge in [0, 0.05) is 28.7 Å². The first-order chi connectivity index (χ1) is 21.5. The number of hydrogen-bond donors (Lipinski definition) is 1. The minimum Gasteiger partial charge on any atom is -0.495 e. The van der Waals surface area contributed by atoms with Gasteiger partial charge in [0.1, 0.15) is 18.3 Å². The average molecular weight is 679 g/mol. The number of amides is 2. The molecular weight excluding hydrogens is 641 g/mol. The highest BCUT2D eigenvalue weighted by Gasteiger charge is 2.35. The molecule has 1 aliphatic rings. The normalized spacial score (nSPS) is 14.0. The molecule has 0 saturated heterocycles. The molecule has 0 aromatic heterocycles. The molecule has 0 unspecified atom stereocenters. The summed E-state index contributed by atoms with van der Waals surface area (Å²) < 4.78 is 45.7. The van der Waals surface area contributed by atoms with Crippen molar-refractivity contribution in [2.24, 2.45) is 0 Å². The monoisotopic (exact) mass is 677 g/mol. The average Bonchev–Trinajstić information content (AvgIpc) is 3.54. The SMILES string of the molecule is COc1ccc(S(=O)(=O)N(CC(=O)N(Cc2cccc(Cl)c2)[C@H](C)C(=O)NC2CCCC2)c2cc(Cl)ccc2OC)cc1OC. The molecule has 3 aromatic carbocycles. The number of carbonyl (C=O) groups excluding carboxylic acids is 2. The van der Waals surface area contributed by atoms with Gasteiger partial charge in [-0.25, -0.2) is 8.42 Å². The molecule has 1 fully saturated rings. The van der Waals surface area contributed by atoms with Gasteiger partial charge in [0.25, 0.3) is 10.0 Å². The summed E-state index contributed by atoms with van der Waals surface area (Å²) in [5.41, 5.74) is 0.713. The fraction of sp³-hybridized carbons (Fsp3) is 0.375. The van der Waals surface area contributed by atoms with Crippen LogP contribution >= 0.6 is 23.2 Å². The molecule has 1 atom stereocenters. The van der Waals surface area contributed by atoms with Gasteiger partial charge >= 0.3 is 0 Å². The van der Waals surface area contributed by atoms with E-state index in [4.69, 9.17) is 37.4 Å². The van der Waals surface area contributed by atoms with Crippen LogP contribution in [0.15, 0.2) is 65.6 Å². The zero-order chi connectivity index (χ0) is 32.7. The van der Waals surface area contributed by atoms with Crippen LogP contribution in [0.2, 0.25) is 10.0 Å². The molecule has 0 bridgehead atoms. The molecule has 2 amide bonds. The summed E-state index contributed by atoms with van der Waals surface area (Å²) in [6.07, 6.45) is 3.78. The minimum atomic E-state index is -4.44. The van der Waals surface area contributed by atoms with E-state index in [9.17, 15) is 18.0 Å². The molecule has 1 saturated carbocycles. The highest BCUT2D eigenvalue weighted by atomic mass is 35.5. The van der Waals surface area contributed by atoms with Gasteiger partial charge in [-0.1, -0.05) is 48.2 Å². The van der Waals surface area contributed by atoms with E-state index in [0.29, 0.717) is 16.3 Å². The van der Waals surface area contributed by atoms with Crippen LogP contribution in [-0.2, 0) is 26.2 Å². The second kappa shape index (κ2) is 15.1. The Morgan fingerprint density at radius 3 is 2.18 bits per heavy atom. The number of rotatable bonds is 13. The number of hydrogen-bond acceptors (Lipinski definition) is 7. The first kappa shape index (κ1) is 34.2. The van der Waals surface area contributed by atoms with Crippen molar-refractivity contribution in [1.82, 2.24) is 10.2 Å². The highest BCUT2D eigenvalue weighted by Crippen LogP contribution is 2.37. The van der Waals surface area contributed by atoms with Crippen LogP contribution in [0.4, 0.5) is 5.69 Å². The van der Waals surface area contributed by atoms with E-state index in [1.54, 1.807) is 37.3 Å². The van der Waals surface area contributed by atoms with Crippen LogP contribution in [0, 0.1) is 0 Å². The molecule has 13 heteroatoms. The van der Waals surface area contributed by atoms with Crippen LogP contribution in [0.1, 0.15) is 38.2 Å². The van der Waals surface area contributed by atoms with Gasteiger partial charge < -0.3 is 24.4 Å². The zero-order valence-corrected chi connectivity index (χ0v) is 27.9. The van der Waals surface area contributed by atoms with Crippen LogP contribution in [-0.4, -0.2) is 65.1 Å². The maximum atomic E-state index is 14.3. The third-order valence-electron chi connectivity index (χ3n) is 7.74. The second-order valence-corrected chi connectivity index (χ2v) is 13.4. The van der Waals surface area contributed by atoms with Crippen molar-refractivity contribution >= 4 is 50.7 Å². The van der Waals surface area contributed by atoms with Gasteiger partial charge in [-0.2, -0.15) is 0 Å². The fourth-order valence-electron chi connectivity index (χ4n) is 5.28. The number of methoxy groups -OCH3 is 3. The summed E-state index contributed by atoms with van der Waals surface area (Å²) in [6, 6.07) is 14.6. The van der Waals surface area contributed by atoms with Crippen molar-refractivity contribution < 1.29 is 32.2 Å². The Kier molecular flexibility index (Phi) is 11.5. The molecule has 0 spiro atoms. The molecule has 242 valence electrons. The van der Waals surface area contributed by atoms with Gasteiger partial charge in [-0.05, 0) is 67.8 Å². The summed E-state index contributed by atoms with van der Waals surface area (Å²) in [5, 5.41) is 3.74. The summed E-state index contributed by atoms with van der Waals surface area (Å²) in [6.45, 7) is 0.963. The van der Waals surface area contributed by atoms with Crippen LogP contribution in [0.3, 0.4) is 0 Å². The van der Waals surface area contributed by atoms with Crippen LogP contribution in [0.5, 0.6) is 17.2 Å². The van der Waals surface area contributed by atoms with Crippen molar-refractivity contribution in [3.63, 3.8) is 0 Å². The number of ether oxygens (including phenoxy) is 3. The Morgan fingerprint density at radius 2 is 1.53 bits per heavy atom. The number of halogens is 2. The number of anilines is 1. The lowest BCUT2D eigenvalue weighted by molar-refractivity contribution is -0.139. The van der Waals surface area contributed by atoms with E-state index in [0.717, 1.165) is 30.0 Å². The Balaban J connectivity index is 1.78. The van der Waals surface area contributed by atoms with Crippen molar-refractivity contribution in [1.29, 1.82) is 0 Å². The first-order valence-corrected chi connectivity index (χ1v) is 16.6. The smallest absolute Gasteiger partial charge is 0.265 e. The number of nitrogens with zero attached hydrogens (tertiary/aromatic N) is 2. The molecule has 4 rings (SSSR count). The van der Waals surface area contributed by atoms with Gasteiger partial charge in [0.15, 0.2) is 11.5 Å². The lowest BCUT2D eigenvalue weighted by Crippen LogP contribution is -2.52. The maximum absolute atomic E-state index is 14.3. The molecule has 10 nitrogen and oxygen atoms in total. The molecule has 0 radical (unpaired) electrons. The second-order valence-electron chi connectivity index (χ2n) is 10.7. The zero-order valence-electron chi connectivity index (χ0n) is 25.6. The van der Waals surface area contributed by atoms with E-state index in [2.05, 4.69) is 5.32 Å². The molecule has 3 aromatic rings. The fourth-order valence-corrected chi connectivity index (χ4v) is 7.09. The van der Waals surface area contributed by atoms with Gasteiger partial charge in [-0.3, -0.25) is 13.9 Å². The van der Waals surface area contributed by atoms with Crippen molar-refractivity contribution in [2.75, 3.05) is 32.2 Å². The third kappa shape index (κ3) is 8.14. The lowest BCUT2D eigenvalue weighted by atomic mass is 10.1. The van der Waals surface area contributed by atoms with Crippen molar-refractivity contribution in [3.05, 3.63) is 76.3 Å². The van der Waals surface area contributed by atoms with E-state index in [-0.39, 0.29) is 45.6 Å². The third-order valence-corrected chi connectivity index (χ3v) is 9.97. The first-order valence-electron chi connectivity index (χ1n) is 14.4. The molecule has 1 N–H and O–H groups in total. The van der Waals surface area contributed by atoms with Gasteiger partial charge in [0.05, 0.1) is 31.9 Å². The summed E-state index contributed by atoms with van der Waals surface area (Å²) in [7, 11) is -0.231. The van der Waals surface area contributed by atoms with Crippen molar-refractivity contribution in [3.8, 4) is 17.2 Å². The number of nitrogens with one attached hydrogen (secondary N) is 1. The predicted molar refractivity (Wildman–Crippen MR) is 174 cm³/mol. The summed E-state index contributed by atoms with van der Waals surface area (Å²) >= 11 is 12.6. The molecule has 0 heterocycles. The van der Waals surface area contributed by atoms with E-state index in [1.807, 2.05) is 0 Å². The Labute approximate surface area is 274 Å². The van der Waals surface area contributed by atoms with Crippen molar-refractivity contribution in [2.45, 2.75) is 56.1 Å². The Morgan fingerprint density at radius 1 is 0.889 bits per heavy atom. The molecule has 1 aliphatic carbocycles. The molecule has 45 heavy (non-hydrogen) atoms.